The van der Waals surface area contributed by atoms with E-state index in [0.717, 1.165) is 16.9 Å². The second kappa shape index (κ2) is 10.1. The number of aromatic amines is 1. The maximum atomic E-state index is 13.8. The molecular weight excluding hydrogens is 516 g/mol. The summed E-state index contributed by atoms with van der Waals surface area (Å²) in [5.74, 6) is -1.71. The van der Waals surface area contributed by atoms with E-state index in [4.69, 9.17) is 14.2 Å². The number of thiazole rings is 1. The van der Waals surface area contributed by atoms with Gasteiger partial charge >= 0.3 is 10.8 Å². The largest absolute Gasteiger partial charge is 0.493 e. The molecule has 3 aromatic rings. The number of carbonyl (C=O) groups excluding carboxylic acids is 3. The number of aromatic nitrogens is 1. The van der Waals surface area contributed by atoms with Crippen molar-refractivity contribution < 1.29 is 28.6 Å². The molecule has 1 N–H and O–H groups in total. The molecule has 192 valence electrons. The number of thioether (sulfide) groups is 1. The number of nitrogens with zero attached hydrogens (tertiary/aromatic N) is 1. The van der Waals surface area contributed by atoms with E-state index >= 15 is 0 Å². The number of hydrogen-bond donors (Lipinski definition) is 1. The lowest BCUT2D eigenvalue weighted by Gasteiger charge is -2.30. The summed E-state index contributed by atoms with van der Waals surface area (Å²) in [7, 11) is 1.47. The summed E-state index contributed by atoms with van der Waals surface area (Å²) >= 11 is 2.26. The number of carbonyl (C=O) groups is 3. The molecule has 2 aliphatic heterocycles. The van der Waals surface area contributed by atoms with E-state index in [2.05, 4.69) is 4.98 Å². The zero-order valence-corrected chi connectivity index (χ0v) is 21.9. The molecule has 5 rings (SSSR count). The van der Waals surface area contributed by atoms with Gasteiger partial charge in [0.25, 0.3) is 0 Å². The van der Waals surface area contributed by atoms with Crippen LogP contribution >= 0.6 is 23.1 Å². The van der Waals surface area contributed by atoms with E-state index < -0.39 is 23.1 Å². The van der Waals surface area contributed by atoms with E-state index in [1.807, 2.05) is 19.1 Å². The average molecular weight is 541 g/mol. The lowest BCUT2D eigenvalue weighted by Crippen LogP contribution is -2.32. The van der Waals surface area contributed by atoms with Crippen LogP contribution in [0.1, 0.15) is 28.8 Å². The molecule has 0 spiro atoms. The zero-order valence-electron chi connectivity index (χ0n) is 20.3. The number of methoxy groups -OCH3 is 1. The fraction of sp³-hybridized carbons (Fsp3) is 0.308. The molecule has 2 aromatic carbocycles. The van der Waals surface area contributed by atoms with Gasteiger partial charge in [-0.2, -0.15) is 0 Å². The van der Waals surface area contributed by atoms with Crippen molar-refractivity contribution in [1.82, 2.24) is 4.98 Å². The Bertz CT molecular complexity index is 1430. The number of anilines is 1. The second-order valence-corrected chi connectivity index (χ2v) is 10.8. The van der Waals surface area contributed by atoms with Crippen molar-refractivity contribution in [1.29, 1.82) is 0 Å². The first-order valence-corrected chi connectivity index (χ1v) is 13.3. The molecule has 3 heterocycles. The monoisotopic (exact) mass is 540 g/mol. The van der Waals surface area contributed by atoms with Gasteiger partial charge in [-0.3, -0.25) is 14.4 Å². The molecule has 37 heavy (non-hydrogen) atoms. The molecular formula is C26H24N2O7S2. The summed E-state index contributed by atoms with van der Waals surface area (Å²) in [6.07, 6.45) is 0. The molecule has 11 heteroatoms. The fourth-order valence-corrected chi connectivity index (χ4v) is 7.18. The lowest BCUT2D eigenvalue weighted by molar-refractivity contribution is -0.145. The van der Waals surface area contributed by atoms with Crippen LogP contribution in [0.15, 0.2) is 52.3 Å². The molecule has 0 unspecified atom stereocenters. The van der Waals surface area contributed by atoms with Gasteiger partial charge in [0.15, 0.2) is 18.1 Å². The van der Waals surface area contributed by atoms with Crippen LogP contribution in [-0.2, 0) is 19.1 Å². The molecule has 2 amide bonds. The number of hydrogen-bond acceptors (Lipinski definition) is 9. The number of benzene rings is 2. The van der Waals surface area contributed by atoms with Crippen molar-refractivity contribution in [3.05, 3.63) is 68.1 Å². The Kier molecular flexibility index (Phi) is 6.82. The van der Waals surface area contributed by atoms with Gasteiger partial charge in [-0.05, 0) is 43.7 Å². The molecule has 9 nitrogen and oxygen atoms in total. The first-order valence-electron chi connectivity index (χ1n) is 11.6. The standard InChI is InChI=1S/C26H24N2O7S2/c1-4-34-18(29)12-35-16-10-7-14(11-17(16)33-3)19-20-22(36-23-21(19)37-26(32)27-23)25(31)28(24(20)30)15-8-5-13(2)6-9-15/h5-11,19-20,22H,4,12H2,1-3H3,(H,27,32)/t19-,20-,22+/m0/s1. The number of aryl methyl sites for hydroxylation is 1. The maximum Gasteiger partial charge on any atom is 0.344 e. The first-order chi connectivity index (χ1) is 17.8. The van der Waals surface area contributed by atoms with Gasteiger partial charge in [-0.15, -0.1) is 0 Å². The number of amides is 2. The van der Waals surface area contributed by atoms with E-state index in [-0.39, 0.29) is 29.9 Å². The third-order valence-electron chi connectivity index (χ3n) is 6.31. The minimum atomic E-state index is -0.714. The van der Waals surface area contributed by atoms with Crippen LogP contribution in [0.25, 0.3) is 0 Å². The predicted molar refractivity (Wildman–Crippen MR) is 139 cm³/mol. The van der Waals surface area contributed by atoms with Gasteiger partial charge in [0.2, 0.25) is 11.8 Å². The number of imide groups is 1. The smallest absolute Gasteiger partial charge is 0.344 e. The number of ether oxygens (including phenoxy) is 3. The highest BCUT2D eigenvalue weighted by atomic mass is 32.2. The minimum Gasteiger partial charge on any atom is -0.493 e. The highest BCUT2D eigenvalue weighted by molar-refractivity contribution is 8.00. The van der Waals surface area contributed by atoms with Crippen molar-refractivity contribution >= 4 is 46.6 Å². The van der Waals surface area contributed by atoms with Crippen molar-refractivity contribution in [3.8, 4) is 11.5 Å². The van der Waals surface area contributed by atoms with Gasteiger partial charge in [-0.1, -0.05) is 46.9 Å². The fourth-order valence-electron chi connectivity index (χ4n) is 4.66. The molecule has 2 aliphatic rings. The van der Waals surface area contributed by atoms with Crippen LogP contribution in [0.3, 0.4) is 0 Å². The van der Waals surface area contributed by atoms with Crippen LogP contribution in [0, 0.1) is 12.8 Å². The quantitative estimate of drug-likeness (QED) is 0.358. The normalized spacial score (nSPS) is 20.4. The number of H-pyrrole nitrogens is 1. The third-order valence-corrected chi connectivity index (χ3v) is 8.71. The summed E-state index contributed by atoms with van der Waals surface area (Å²) in [5.41, 5.74) is 2.23. The predicted octanol–water partition coefficient (Wildman–Crippen LogP) is 3.49. The van der Waals surface area contributed by atoms with Gasteiger partial charge in [0.05, 0.1) is 30.3 Å². The molecule has 0 aliphatic carbocycles. The van der Waals surface area contributed by atoms with Crippen LogP contribution in [0.5, 0.6) is 11.5 Å². The Balaban J connectivity index is 1.54. The highest BCUT2D eigenvalue weighted by Crippen LogP contribution is 2.53. The number of fused-ring (bicyclic) bond motifs is 2. The topological polar surface area (TPSA) is 115 Å². The van der Waals surface area contributed by atoms with E-state index in [9.17, 15) is 19.2 Å². The second-order valence-electron chi connectivity index (χ2n) is 8.60. The maximum absolute atomic E-state index is 13.8. The Labute approximate surface area is 220 Å². The van der Waals surface area contributed by atoms with Crippen molar-refractivity contribution in [2.75, 3.05) is 25.2 Å². The Morgan fingerprint density at radius 2 is 1.81 bits per heavy atom. The molecule has 0 bridgehead atoms. The van der Waals surface area contributed by atoms with Gasteiger partial charge in [0.1, 0.15) is 5.25 Å². The van der Waals surface area contributed by atoms with Crippen LogP contribution in [-0.4, -0.2) is 48.3 Å². The molecule has 1 fully saturated rings. The van der Waals surface area contributed by atoms with Crippen LogP contribution in [0.4, 0.5) is 5.69 Å². The average Bonchev–Trinajstić information content (AvgIpc) is 3.38. The van der Waals surface area contributed by atoms with Crippen LogP contribution in [0.2, 0.25) is 0 Å². The van der Waals surface area contributed by atoms with Gasteiger partial charge in [0, 0.05) is 10.8 Å². The van der Waals surface area contributed by atoms with Gasteiger partial charge < -0.3 is 19.2 Å². The number of esters is 1. The summed E-state index contributed by atoms with van der Waals surface area (Å²) < 4.78 is 16.0. The van der Waals surface area contributed by atoms with Crippen LogP contribution < -0.4 is 19.2 Å². The summed E-state index contributed by atoms with van der Waals surface area (Å²) in [5, 5.41) is -0.1000. The Morgan fingerprint density at radius 3 is 2.51 bits per heavy atom. The first kappa shape index (κ1) is 25.1. The molecule has 0 saturated carbocycles. The SMILES string of the molecule is CCOC(=O)COc1ccc([C@@H]2c3sc(=O)[nH]c3S[C@H]3C(=O)N(c4ccc(C)cc4)C(=O)[C@@H]23)cc1OC. The molecule has 1 saturated heterocycles. The molecule has 0 radical (unpaired) electrons. The van der Waals surface area contributed by atoms with E-state index in [0.29, 0.717) is 32.7 Å². The minimum absolute atomic E-state index is 0.245. The number of nitrogens with one attached hydrogen (secondary N) is 1. The summed E-state index contributed by atoms with van der Waals surface area (Å²) in [4.78, 5) is 55.9. The third kappa shape index (κ3) is 4.53. The molecule has 1 aromatic heterocycles. The van der Waals surface area contributed by atoms with Crippen molar-refractivity contribution in [2.24, 2.45) is 5.92 Å². The highest BCUT2D eigenvalue weighted by Gasteiger charge is 2.56. The summed E-state index contributed by atoms with van der Waals surface area (Å²) in [6, 6.07) is 12.4. The Hall–Kier alpha value is -3.57. The molecule has 3 atom stereocenters. The Morgan fingerprint density at radius 1 is 1.05 bits per heavy atom. The number of rotatable bonds is 7. The van der Waals surface area contributed by atoms with Crippen molar-refractivity contribution in [2.45, 2.75) is 30.0 Å². The van der Waals surface area contributed by atoms with E-state index in [1.165, 1.54) is 23.8 Å². The van der Waals surface area contributed by atoms with E-state index in [1.54, 1.807) is 37.3 Å². The summed E-state index contributed by atoms with van der Waals surface area (Å²) in [6.45, 7) is 3.61. The zero-order chi connectivity index (χ0) is 26.3. The van der Waals surface area contributed by atoms with Crippen molar-refractivity contribution in [3.63, 3.8) is 0 Å². The van der Waals surface area contributed by atoms with Gasteiger partial charge in [-0.25, -0.2) is 9.69 Å². The lowest BCUT2D eigenvalue weighted by atomic mass is 9.83.